The summed E-state index contributed by atoms with van der Waals surface area (Å²) >= 11 is 0. The van der Waals surface area contributed by atoms with Gasteiger partial charge in [0, 0.05) is 17.9 Å². The van der Waals surface area contributed by atoms with E-state index in [2.05, 4.69) is 18.8 Å². The van der Waals surface area contributed by atoms with Gasteiger partial charge in [-0.1, -0.05) is 13.8 Å². The summed E-state index contributed by atoms with van der Waals surface area (Å²) in [6, 6.07) is 4.19. The minimum atomic E-state index is 0.171. The normalized spacial score (nSPS) is 13.8. The monoisotopic (exact) mass is 152 g/mol. The number of nitrogens with two attached hydrogens (primary N) is 1. The molecule has 0 aliphatic carbocycles. The lowest BCUT2D eigenvalue weighted by molar-refractivity contribution is 0.503. The molecule has 1 atom stereocenters. The zero-order valence-corrected chi connectivity index (χ0v) is 7.17. The van der Waals surface area contributed by atoms with Gasteiger partial charge in [0.25, 0.3) is 0 Å². The van der Waals surface area contributed by atoms with Crippen LogP contribution in [0, 0.1) is 5.92 Å². The van der Waals surface area contributed by atoms with E-state index in [4.69, 9.17) is 5.73 Å². The summed E-state index contributed by atoms with van der Waals surface area (Å²) in [7, 11) is 0. The van der Waals surface area contributed by atoms with Crippen molar-refractivity contribution in [1.82, 2.24) is 4.98 Å². The third-order valence-electron chi connectivity index (χ3n) is 1.75. The Balaban J connectivity index is 2.49. The first-order valence-corrected chi connectivity index (χ1v) is 4.09. The van der Waals surface area contributed by atoms with Crippen LogP contribution in [0.4, 0.5) is 0 Å². The highest BCUT2D eigenvalue weighted by Gasteiger charge is 2.07. The molecule has 1 aromatic heterocycles. The van der Waals surface area contributed by atoms with E-state index in [-0.39, 0.29) is 6.04 Å². The molecule has 3 N–H and O–H groups in total. The maximum Gasteiger partial charge on any atom is 0.0450 e. The smallest absolute Gasteiger partial charge is 0.0450 e. The van der Waals surface area contributed by atoms with Crippen LogP contribution in [0.25, 0.3) is 0 Å². The molecule has 0 spiro atoms. The number of aromatic amines is 1. The number of hydrogen-bond acceptors (Lipinski definition) is 1. The Labute approximate surface area is 67.8 Å². The van der Waals surface area contributed by atoms with Crippen LogP contribution < -0.4 is 5.73 Å². The summed E-state index contributed by atoms with van der Waals surface area (Å²) in [6.45, 7) is 4.37. The van der Waals surface area contributed by atoms with Crippen molar-refractivity contribution < 1.29 is 0 Å². The van der Waals surface area contributed by atoms with E-state index in [0.717, 1.165) is 12.1 Å². The molecule has 1 aromatic rings. The van der Waals surface area contributed by atoms with E-state index in [9.17, 15) is 0 Å². The predicted molar refractivity (Wildman–Crippen MR) is 47.2 cm³/mol. The van der Waals surface area contributed by atoms with Gasteiger partial charge in [-0.05, 0) is 24.5 Å². The van der Waals surface area contributed by atoms with Crippen LogP contribution in [0.1, 0.15) is 32.0 Å². The molecule has 0 bridgehead atoms. The zero-order chi connectivity index (χ0) is 8.27. The number of aromatic nitrogens is 1. The van der Waals surface area contributed by atoms with Gasteiger partial charge in [-0.25, -0.2) is 0 Å². The quantitative estimate of drug-likeness (QED) is 0.684. The molecule has 11 heavy (non-hydrogen) atoms. The summed E-state index contributed by atoms with van der Waals surface area (Å²) in [4.78, 5) is 3.12. The van der Waals surface area contributed by atoms with Crippen molar-refractivity contribution in [1.29, 1.82) is 0 Å². The molecule has 62 valence electrons. The fourth-order valence-electron chi connectivity index (χ4n) is 1.21. The van der Waals surface area contributed by atoms with Crippen LogP contribution in [0.2, 0.25) is 0 Å². The molecular weight excluding hydrogens is 136 g/mol. The van der Waals surface area contributed by atoms with Crippen molar-refractivity contribution in [2.24, 2.45) is 11.7 Å². The molecule has 2 heteroatoms. The molecule has 0 saturated heterocycles. The van der Waals surface area contributed by atoms with E-state index in [1.165, 1.54) is 0 Å². The van der Waals surface area contributed by atoms with Crippen LogP contribution in [-0.2, 0) is 0 Å². The van der Waals surface area contributed by atoms with Crippen molar-refractivity contribution in [3.8, 4) is 0 Å². The molecule has 0 unspecified atom stereocenters. The average molecular weight is 152 g/mol. The molecule has 1 rings (SSSR count). The van der Waals surface area contributed by atoms with Crippen LogP contribution in [0.5, 0.6) is 0 Å². The maximum atomic E-state index is 5.91. The summed E-state index contributed by atoms with van der Waals surface area (Å²) in [5.74, 6) is 0.660. The largest absolute Gasteiger partial charge is 0.364 e. The lowest BCUT2D eigenvalue weighted by Gasteiger charge is -2.11. The van der Waals surface area contributed by atoms with Crippen molar-refractivity contribution in [3.05, 3.63) is 24.0 Å². The van der Waals surface area contributed by atoms with E-state index in [1.807, 2.05) is 18.3 Å². The molecule has 0 amide bonds. The molecule has 0 aliphatic heterocycles. The van der Waals surface area contributed by atoms with Crippen LogP contribution in [-0.4, -0.2) is 4.98 Å². The van der Waals surface area contributed by atoms with Crippen LogP contribution >= 0.6 is 0 Å². The molecule has 0 saturated carbocycles. The fourth-order valence-corrected chi connectivity index (χ4v) is 1.21. The van der Waals surface area contributed by atoms with Crippen molar-refractivity contribution in [2.75, 3.05) is 0 Å². The molecule has 1 heterocycles. The Kier molecular flexibility index (Phi) is 2.71. The second-order valence-corrected chi connectivity index (χ2v) is 3.36. The summed E-state index contributed by atoms with van der Waals surface area (Å²) < 4.78 is 0. The van der Waals surface area contributed by atoms with E-state index >= 15 is 0 Å². The Morgan fingerprint density at radius 2 is 2.27 bits per heavy atom. The van der Waals surface area contributed by atoms with Crippen molar-refractivity contribution >= 4 is 0 Å². The summed E-state index contributed by atoms with van der Waals surface area (Å²) in [5.41, 5.74) is 7.05. The molecular formula is C9H16N2. The number of hydrogen-bond donors (Lipinski definition) is 2. The summed E-state index contributed by atoms with van der Waals surface area (Å²) in [5, 5.41) is 0. The van der Waals surface area contributed by atoms with Gasteiger partial charge in [-0.15, -0.1) is 0 Å². The van der Waals surface area contributed by atoms with Gasteiger partial charge >= 0.3 is 0 Å². The average Bonchev–Trinajstić information content (AvgIpc) is 2.35. The highest BCUT2D eigenvalue weighted by molar-refractivity contribution is 5.08. The van der Waals surface area contributed by atoms with Gasteiger partial charge in [0.2, 0.25) is 0 Å². The van der Waals surface area contributed by atoms with Gasteiger partial charge in [0.15, 0.2) is 0 Å². The van der Waals surface area contributed by atoms with Gasteiger partial charge in [0.1, 0.15) is 0 Å². The number of H-pyrrole nitrogens is 1. The first-order chi connectivity index (χ1) is 5.20. The molecule has 0 aromatic carbocycles. The minimum absolute atomic E-state index is 0.171. The van der Waals surface area contributed by atoms with E-state index in [0.29, 0.717) is 5.92 Å². The third-order valence-corrected chi connectivity index (χ3v) is 1.75. The molecule has 2 nitrogen and oxygen atoms in total. The van der Waals surface area contributed by atoms with Crippen molar-refractivity contribution in [2.45, 2.75) is 26.3 Å². The highest BCUT2D eigenvalue weighted by Crippen LogP contribution is 2.16. The second kappa shape index (κ2) is 3.58. The molecule has 0 fully saturated rings. The van der Waals surface area contributed by atoms with E-state index in [1.54, 1.807) is 0 Å². The van der Waals surface area contributed by atoms with Gasteiger partial charge < -0.3 is 10.7 Å². The fraction of sp³-hybridized carbons (Fsp3) is 0.556. The lowest BCUT2D eigenvalue weighted by Crippen LogP contribution is -2.12. The first-order valence-electron chi connectivity index (χ1n) is 4.09. The lowest BCUT2D eigenvalue weighted by atomic mass is 10.0. The van der Waals surface area contributed by atoms with Gasteiger partial charge in [-0.3, -0.25) is 0 Å². The van der Waals surface area contributed by atoms with Gasteiger partial charge in [-0.2, -0.15) is 0 Å². The maximum absolute atomic E-state index is 5.91. The number of rotatable bonds is 3. The standard InChI is InChI=1S/C9H16N2/c1-7(2)6-8(10)9-4-3-5-11-9/h3-5,7-8,11H,6,10H2,1-2H3/t8-/m1/s1. The summed E-state index contributed by atoms with van der Waals surface area (Å²) in [6.07, 6.45) is 2.95. The topological polar surface area (TPSA) is 41.8 Å². The van der Waals surface area contributed by atoms with Crippen LogP contribution in [0.15, 0.2) is 18.3 Å². The predicted octanol–water partition coefficient (Wildman–Crippen LogP) is 2.06. The molecule has 0 aliphatic rings. The Morgan fingerprint density at radius 1 is 1.55 bits per heavy atom. The Morgan fingerprint density at radius 3 is 2.73 bits per heavy atom. The molecule has 0 radical (unpaired) electrons. The third kappa shape index (κ3) is 2.39. The SMILES string of the molecule is CC(C)C[C@@H](N)c1ccc[nH]1. The second-order valence-electron chi connectivity index (χ2n) is 3.36. The highest BCUT2D eigenvalue weighted by atomic mass is 14.8. The number of nitrogens with one attached hydrogen (secondary N) is 1. The Hall–Kier alpha value is -0.760. The van der Waals surface area contributed by atoms with Crippen LogP contribution in [0.3, 0.4) is 0 Å². The van der Waals surface area contributed by atoms with Gasteiger partial charge in [0.05, 0.1) is 0 Å². The Bertz CT molecular complexity index is 189. The minimum Gasteiger partial charge on any atom is -0.364 e. The van der Waals surface area contributed by atoms with Crippen molar-refractivity contribution in [3.63, 3.8) is 0 Å². The van der Waals surface area contributed by atoms with E-state index < -0.39 is 0 Å². The first kappa shape index (κ1) is 8.34. The zero-order valence-electron chi connectivity index (χ0n) is 7.17.